The van der Waals surface area contributed by atoms with Gasteiger partial charge in [-0.25, -0.2) is 4.79 Å². The fourth-order valence-corrected chi connectivity index (χ4v) is 4.26. The van der Waals surface area contributed by atoms with E-state index in [0.717, 1.165) is 42.6 Å². The molecule has 7 atom stereocenters. The smallest absolute Gasteiger partial charge is 0.330 e. The van der Waals surface area contributed by atoms with Crippen molar-refractivity contribution < 1.29 is 34.0 Å². The number of methoxy groups -OCH3 is 1. The third kappa shape index (κ3) is 6.81. The zero-order valence-corrected chi connectivity index (χ0v) is 20.5. The van der Waals surface area contributed by atoms with Crippen LogP contribution >= 0.6 is 0 Å². The molecule has 3 heterocycles. The zero-order valence-electron chi connectivity index (χ0n) is 20.5. The highest BCUT2D eigenvalue weighted by Gasteiger charge is 2.52. The maximum absolute atomic E-state index is 12.4. The number of nitrogens with two attached hydrogens (primary N) is 1. The summed E-state index contributed by atoms with van der Waals surface area (Å²) in [6.07, 6.45) is -1.22. The predicted molar refractivity (Wildman–Crippen MR) is 127 cm³/mol. The number of nitrogens with one attached hydrogen (secondary N) is 2. The van der Waals surface area contributed by atoms with Crippen LogP contribution in [0.25, 0.3) is 0 Å². The Morgan fingerprint density at radius 3 is 2.78 bits per heavy atom. The number of carbonyl (C=O) groups excluding carboxylic acids is 1. The highest BCUT2D eigenvalue weighted by atomic mass is 16.7. The third-order valence-corrected chi connectivity index (χ3v) is 6.18. The van der Waals surface area contributed by atoms with Crippen molar-refractivity contribution in [1.29, 1.82) is 0 Å². The molecule has 1 amide bonds. The van der Waals surface area contributed by atoms with E-state index in [0.29, 0.717) is 12.3 Å². The van der Waals surface area contributed by atoms with Gasteiger partial charge in [0, 0.05) is 25.8 Å². The molecule has 6 N–H and O–H groups in total. The van der Waals surface area contributed by atoms with Crippen molar-refractivity contribution in [3.8, 4) is 0 Å². The number of rotatable bonds is 13. The number of carbonyl (C=O) groups is 1. The van der Waals surface area contributed by atoms with Crippen LogP contribution in [0.2, 0.25) is 0 Å². The Morgan fingerprint density at radius 1 is 1.33 bits per heavy atom. The number of aromatic amines is 1. The number of hydrogen-bond donors (Lipinski definition) is 5. The van der Waals surface area contributed by atoms with Gasteiger partial charge in [0.2, 0.25) is 12.2 Å². The molecule has 0 spiro atoms. The molecule has 1 aromatic heterocycles. The van der Waals surface area contributed by atoms with Crippen molar-refractivity contribution in [2.75, 3.05) is 20.2 Å². The van der Waals surface area contributed by atoms with E-state index in [9.17, 15) is 24.6 Å². The van der Waals surface area contributed by atoms with Crippen LogP contribution in [0.1, 0.15) is 45.3 Å². The van der Waals surface area contributed by atoms with Gasteiger partial charge < -0.3 is 40.2 Å². The van der Waals surface area contributed by atoms with Crippen LogP contribution in [0, 0.1) is 0 Å². The molecule has 0 aromatic carbocycles. The second-order valence-corrected chi connectivity index (χ2v) is 8.86. The normalized spacial score (nSPS) is 28.9. The molecule has 3 rings (SSSR count). The van der Waals surface area contributed by atoms with Gasteiger partial charge in [-0.1, -0.05) is 26.2 Å². The lowest BCUT2D eigenvalue weighted by atomic mass is 10.0. The minimum absolute atomic E-state index is 0.236. The van der Waals surface area contributed by atoms with Gasteiger partial charge in [-0.15, -0.1) is 0 Å². The number of aliphatic hydroxyl groups excluding tert-OH is 2. The first-order valence-corrected chi connectivity index (χ1v) is 12.1. The van der Waals surface area contributed by atoms with Gasteiger partial charge in [0.05, 0.1) is 6.54 Å². The molecule has 13 heteroatoms. The SMILES string of the molecule is CCCCCCNCC1=CC[C@H](O)[C@@H](O[C@@H](C(N)=O)[C@H]2O[C@@H](n3ccc(=O)[nH]c3=O)[C@H](O)[C@@H]2OC)O1. The summed E-state index contributed by atoms with van der Waals surface area (Å²) in [4.78, 5) is 38.1. The van der Waals surface area contributed by atoms with Crippen molar-refractivity contribution in [2.45, 2.75) is 82.1 Å². The number of nitrogens with zero attached hydrogens (tertiary/aromatic N) is 1. The molecule has 1 aromatic rings. The first kappa shape index (κ1) is 28.0. The summed E-state index contributed by atoms with van der Waals surface area (Å²) < 4.78 is 23.7. The van der Waals surface area contributed by atoms with E-state index in [2.05, 4.69) is 17.2 Å². The van der Waals surface area contributed by atoms with Crippen molar-refractivity contribution in [1.82, 2.24) is 14.9 Å². The molecule has 1 saturated heterocycles. The van der Waals surface area contributed by atoms with Crippen molar-refractivity contribution in [3.63, 3.8) is 0 Å². The summed E-state index contributed by atoms with van der Waals surface area (Å²) in [5.74, 6) is -0.387. The average molecular weight is 513 g/mol. The fraction of sp³-hybridized carbons (Fsp3) is 0.696. The standard InChI is InChI=1S/C23H36N4O9/c1-3-4-5-6-10-25-12-13-7-8-14(28)22(34-13)36-19(20(24)31)18-17(33-2)16(30)21(35-18)27-11-9-15(29)26-23(27)32/h7,9,11,14,16-19,21-22,25,28,30H,3-6,8,10,12H2,1-2H3,(H2,24,31)(H,26,29,32)/t14-,16+,17-,18-,19+,21+,22+/m0/s1. The average Bonchev–Trinajstić information content (AvgIpc) is 3.16. The molecule has 2 aliphatic rings. The number of H-pyrrole nitrogens is 1. The van der Waals surface area contributed by atoms with E-state index in [-0.39, 0.29) is 6.42 Å². The van der Waals surface area contributed by atoms with Gasteiger partial charge in [-0.05, 0) is 19.0 Å². The Labute approximate surface area is 208 Å². The van der Waals surface area contributed by atoms with Crippen LogP contribution in [0.15, 0.2) is 33.7 Å². The van der Waals surface area contributed by atoms with E-state index < -0.39 is 60.2 Å². The minimum Gasteiger partial charge on any atom is -0.465 e. The number of aromatic nitrogens is 2. The monoisotopic (exact) mass is 512 g/mol. The highest BCUT2D eigenvalue weighted by Crippen LogP contribution is 2.34. The molecule has 36 heavy (non-hydrogen) atoms. The molecule has 2 aliphatic heterocycles. The van der Waals surface area contributed by atoms with Gasteiger partial charge >= 0.3 is 5.69 Å². The maximum Gasteiger partial charge on any atom is 0.330 e. The van der Waals surface area contributed by atoms with E-state index in [1.807, 2.05) is 0 Å². The number of primary amides is 1. The van der Waals surface area contributed by atoms with Crippen molar-refractivity contribution in [3.05, 3.63) is 44.9 Å². The van der Waals surface area contributed by atoms with Gasteiger partial charge in [0.1, 0.15) is 30.2 Å². The largest absolute Gasteiger partial charge is 0.465 e. The van der Waals surface area contributed by atoms with E-state index >= 15 is 0 Å². The van der Waals surface area contributed by atoms with Crippen LogP contribution in [0.5, 0.6) is 0 Å². The summed E-state index contributed by atoms with van der Waals surface area (Å²) in [6, 6.07) is 1.09. The number of ether oxygens (including phenoxy) is 4. The van der Waals surface area contributed by atoms with E-state index in [1.54, 1.807) is 6.08 Å². The number of aliphatic hydroxyl groups is 2. The third-order valence-electron chi connectivity index (χ3n) is 6.18. The second kappa shape index (κ2) is 13.1. The molecular formula is C23H36N4O9. The quantitative estimate of drug-likeness (QED) is 0.202. The number of hydrogen-bond acceptors (Lipinski definition) is 10. The molecule has 0 saturated carbocycles. The molecular weight excluding hydrogens is 476 g/mol. The first-order chi connectivity index (χ1) is 17.3. The van der Waals surface area contributed by atoms with Gasteiger partial charge in [-0.2, -0.15) is 0 Å². The highest BCUT2D eigenvalue weighted by molar-refractivity contribution is 5.79. The van der Waals surface area contributed by atoms with Gasteiger partial charge in [0.25, 0.3) is 5.56 Å². The Bertz CT molecular complexity index is 1010. The van der Waals surface area contributed by atoms with Gasteiger partial charge in [-0.3, -0.25) is 19.1 Å². The van der Waals surface area contributed by atoms with Gasteiger partial charge in [0.15, 0.2) is 12.3 Å². The summed E-state index contributed by atoms with van der Waals surface area (Å²) >= 11 is 0. The van der Waals surface area contributed by atoms with E-state index in [4.69, 9.17) is 24.7 Å². The lowest BCUT2D eigenvalue weighted by molar-refractivity contribution is -0.228. The van der Waals surface area contributed by atoms with Crippen LogP contribution < -0.4 is 22.3 Å². The molecule has 0 radical (unpaired) electrons. The lowest BCUT2D eigenvalue weighted by Crippen LogP contribution is -2.51. The molecule has 202 valence electrons. The molecule has 1 fully saturated rings. The lowest BCUT2D eigenvalue weighted by Gasteiger charge is -2.33. The van der Waals surface area contributed by atoms with Crippen molar-refractivity contribution in [2.24, 2.45) is 5.73 Å². The Hall–Kier alpha value is -2.55. The number of unbranched alkanes of at least 4 members (excludes halogenated alkanes) is 3. The number of amides is 1. The minimum atomic E-state index is -1.49. The van der Waals surface area contributed by atoms with E-state index in [1.165, 1.54) is 13.5 Å². The Kier molecular flexibility index (Phi) is 10.2. The summed E-state index contributed by atoms with van der Waals surface area (Å²) in [6.45, 7) is 3.39. The van der Waals surface area contributed by atoms with Crippen LogP contribution in [-0.4, -0.2) is 82.7 Å². The molecule has 0 unspecified atom stereocenters. The summed E-state index contributed by atoms with van der Waals surface area (Å²) in [7, 11) is 1.29. The Morgan fingerprint density at radius 2 is 2.11 bits per heavy atom. The molecule has 0 bridgehead atoms. The van der Waals surface area contributed by atoms with Crippen LogP contribution in [-0.2, 0) is 23.7 Å². The van der Waals surface area contributed by atoms with Crippen LogP contribution in [0.3, 0.4) is 0 Å². The molecule has 0 aliphatic carbocycles. The topological polar surface area (TPSA) is 187 Å². The predicted octanol–water partition coefficient (Wildman–Crippen LogP) is -1.16. The van der Waals surface area contributed by atoms with Crippen LogP contribution in [0.4, 0.5) is 0 Å². The fourth-order valence-electron chi connectivity index (χ4n) is 4.26. The Balaban J connectivity index is 1.68. The second-order valence-electron chi connectivity index (χ2n) is 8.86. The maximum atomic E-state index is 12.4. The van der Waals surface area contributed by atoms with Crippen molar-refractivity contribution >= 4 is 5.91 Å². The summed E-state index contributed by atoms with van der Waals surface area (Å²) in [5, 5.41) is 24.5. The zero-order chi connectivity index (χ0) is 26.2. The first-order valence-electron chi connectivity index (χ1n) is 12.1. The molecule has 13 nitrogen and oxygen atoms in total. The summed E-state index contributed by atoms with van der Waals surface area (Å²) in [5.41, 5.74) is 4.15.